The molecule has 2 aromatic rings. The van der Waals surface area contributed by atoms with Crippen molar-refractivity contribution < 1.29 is 14.3 Å². The zero-order chi connectivity index (χ0) is 17.9. The van der Waals surface area contributed by atoms with Crippen LogP contribution in [0.3, 0.4) is 0 Å². The summed E-state index contributed by atoms with van der Waals surface area (Å²) < 4.78 is 11.1. The van der Waals surface area contributed by atoms with E-state index >= 15 is 0 Å². The van der Waals surface area contributed by atoms with Crippen LogP contribution in [0.4, 0.5) is 11.5 Å². The van der Waals surface area contributed by atoms with Gasteiger partial charge in [-0.1, -0.05) is 6.92 Å². The van der Waals surface area contributed by atoms with Crippen LogP contribution in [0, 0.1) is 5.92 Å². The molecule has 136 valence electrons. The first kappa shape index (κ1) is 16.6. The number of piperidine rings is 1. The number of amides is 1. The molecule has 1 aromatic carbocycles. The van der Waals surface area contributed by atoms with Crippen LogP contribution in [0.5, 0.6) is 11.5 Å². The lowest BCUT2D eigenvalue weighted by molar-refractivity contribution is 0.0691. The van der Waals surface area contributed by atoms with Crippen LogP contribution < -0.4 is 14.8 Å². The molecule has 1 fully saturated rings. The minimum Gasteiger partial charge on any atom is -0.486 e. The highest BCUT2D eigenvalue weighted by atomic mass is 16.6. The van der Waals surface area contributed by atoms with Gasteiger partial charge in [0.15, 0.2) is 11.5 Å². The van der Waals surface area contributed by atoms with E-state index in [4.69, 9.17) is 9.47 Å². The van der Waals surface area contributed by atoms with Gasteiger partial charge in [0.2, 0.25) is 0 Å². The molecular weight excluding hydrogens is 332 g/mol. The molecule has 4 rings (SSSR count). The van der Waals surface area contributed by atoms with Crippen molar-refractivity contribution >= 4 is 17.4 Å². The van der Waals surface area contributed by atoms with Gasteiger partial charge in [0.1, 0.15) is 24.7 Å². The number of likely N-dealkylation sites (tertiary alicyclic amines) is 1. The smallest absolute Gasteiger partial charge is 0.274 e. The Hall–Kier alpha value is -2.83. The lowest BCUT2D eigenvalue weighted by Gasteiger charge is -2.29. The highest BCUT2D eigenvalue weighted by Gasteiger charge is 2.22. The highest BCUT2D eigenvalue weighted by Crippen LogP contribution is 2.33. The van der Waals surface area contributed by atoms with Crippen LogP contribution in [0.25, 0.3) is 0 Å². The van der Waals surface area contributed by atoms with Crippen LogP contribution in [0.1, 0.15) is 30.3 Å². The van der Waals surface area contributed by atoms with Gasteiger partial charge in [-0.25, -0.2) is 9.97 Å². The van der Waals surface area contributed by atoms with E-state index in [1.165, 1.54) is 6.20 Å². The molecule has 0 spiro atoms. The number of fused-ring (bicyclic) bond motifs is 1. The third kappa shape index (κ3) is 3.56. The lowest BCUT2D eigenvalue weighted by atomic mass is 9.99. The Balaban J connectivity index is 1.42. The maximum atomic E-state index is 12.5. The summed E-state index contributed by atoms with van der Waals surface area (Å²) in [6.07, 6.45) is 5.20. The molecule has 7 heteroatoms. The van der Waals surface area contributed by atoms with E-state index < -0.39 is 0 Å². The van der Waals surface area contributed by atoms with Crippen molar-refractivity contribution in [1.82, 2.24) is 14.9 Å². The third-order valence-corrected chi connectivity index (χ3v) is 4.76. The monoisotopic (exact) mass is 354 g/mol. The van der Waals surface area contributed by atoms with Crippen molar-refractivity contribution in [2.75, 3.05) is 31.6 Å². The summed E-state index contributed by atoms with van der Waals surface area (Å²) in [6, 6.07) is 5.62. The molecular formula is C19H22N4O3. The number of hydrogen-bond acceptors (Lipinski definition) is 6. The maximum absolute atomic E-state index is 12.5. The summed E-state index contributed by atoms with van der Waals surface area (Å²) in [6.45, 7) is 4.91. The average Bonchev–Trinajstić information content (AvgIpc) is 2.68. The summed E-state index contributed by atoms with van der Waals surface area (Å²) in [4.78, 5) is 23.0. The summed E-state index contributed by atoms with van der Waals surface area (Å²) in [5, 5.41) is 3.17. The molecule has 7 nitrogen and oxygen atoms in total. The molecule has 1 N–H and O–H groups in total. The van der Waals surface area contributed by atoms with Gasteiger partial charge in [-0.2, -0.15) is 0 Å². The molecule has 26 heavy (non-hydrogen) atoms. The molecule has 2 aliphatic heterocycles. The molecule has 1 aromatic heterocycles. The lowest BCUT2D eigenvalue weighted by Crippen LogP contribution is -2.38. The van der Waals surface area contributed by atoms with E-state index in [2.05, 4.69) is 22.2 Å². The number of benzene rings is 1. The number of carbonyl (C=O) groups excluding carboxylic acids is 1. The molecule has 0 saturated carbocycles. The summed E-state index contributed by atoms with van der Waals surface area (Å²) in [5.74, 6) is 2.66. The normalized spacial score (nSPS) is 17.0. The number of aromatic nitrogens is 2. The van der Waals surface area contributed by atoms with E-state index in [0.717, 1.165) is 37.4 Å². The van der Waals surface area contributed by atoms with Gasteiger partial charge in [-0.15, -0.1) is 0 Å². The SMILES string of the molecule is CC1CCN(C(=O)c2cnc(Nc3ccc4c(c3)OCCO4)cn2)CC1. The number of hydrogen-bond donors (Lipinski definition) is 1. The molecule has 3 heterocycles. The van der Waals surface area contributed by atoms with E-state index in [1.807, 2.05) is 23.1 Å². The first-order valence-corrected chi connectivity index (χ1v) is 8.97. The van der Waals surface area contributed by atoms with Gasteiger partial charge in [0, 0.05) is 24.8 Å². The summed E-state index contributed by atoms with van der Waals surface area (Å²) in [5.41, 5.74) is 1.21. The van der Waals surface area contributed by atoms with E-state index in [0.29, 0.717) is 36.4 Å². The minimum absolute atomic E-state index is 0.0460. The fourth-order valence-electron chi connectivity index (χ4n) is 3.15. The number of rotatable bonds is 3. The van der Waals surface area contributed by atoms with Crippen molar-refractivity contribution in [3.05, 3.63) is 36.3 Å². The van der Waals surface area contributed by atoms with Crippen molar-refractivity contribution in [3.8, 4) is 11.5 Å². The zero-order valence-electron chi connectivity index (χ0n) is 14.8. The van der Waals surface area contributed by atoms with Crippen molar-refractivity contribution in [2.45, 2.75) is 19.8 Å². The van der Waals surface area contributed by atoms with Crippen molar-refractivity contribution in [1.29, 1.82) is 0 Å². The van der Waals surface area contributed by atoms with Crippen LogP contribution in [-0.2, 0) is 0 Å². The summed E-state index contributed by atoms with van der Waals surface area (Å²) in [7, 11) is 0. The molecule has 0 bridgehead atoms. The fourth-order valence-corrected chi connectivity index (χ4v) is 3.15. The Labute approximate surface area is 152 Å². The fraction of sp³-hybridized carbons (Fsp3) is 0.421. The standard InChI is InChI=1S/C19H22N4O3/c1-13-4-6-23(7-5-13)19(24)15-11-21-18(12-20-15)22-14-2-3-16-17(10-14)26-9-8-25-16/h2-3,10-13H,4-9H2,1H3,(H,21,22). The van der Waals surface area contributed by atoms with Gasteiger partial charge < -0.3 is 19.7 Å². The van der Waals surface area contributed by atoms with Gasteiger partial charge in [-0.05, 0) is 30.9 Å². The molecule has 2 aliphatic rings. The second kappa shape index (κ2) is 7.19. The Kier molecular flexibility index (Phi) is 4.60. The number of carbonyl (C=O) groups is 1. The molecule has 0 atom stereocenters. The number of nitrogens with one attached hydrogen (secondary N) is 1. The Morgan fingerprint density at radius 1 is 1.12 bits per heavy atom. The third-order valence-electron chi connectivity index (χ3n) is 4.76. The number of anilines is 2. The molecule has 0 aliphatic carbocycles. The van der Waals surface area contributed by atoms with Crippen LogP contribution >= 0.6 is 0 Å². The maximum Gasteiger partial charge on any atom is 0.274 e. The first-order valence-electron chi connectivity index (χ1n) is 8.97. The van der Waals surface area contributed by atoms with E-state index in [-0.39, 0.29) is 5.91 Å². The Morgan fingerprint density at radius 2 is 1.88 bits per heavy atom. The molecule has 1 amide bonds. The zero-order valence-corrected chi connectivity index (χ0v) is 14.8. The average molecular weight is 354 g/mol. The summed E-state index contributed by atoms with van der Waals surface area (Å²) >= 11 is 0. The highest BCUT2D eigenvalue weighted by molar-refractivity contribution is 5.92. The molecule has 1 saturated heterocycles. The number of ether oxygens (including phenoxy) is 2. The van der Waals surface area contributed by atoms with Gasteiger partial charge in [0.05, 0.1) is 12.4 Å². The van der Waals surface area contributed by atoms with Crippen LogP contribution in [0.15, 0.2) is 30.6 Å². The second-order valence-corrected chi connectivity index (χ2v) is 6.75. The topological polar surface area (TPSA) is 76.6 Å². The van der Waals surface area contributed by atoms with Gasteiger partial charge in [0.25, 0.3) is 5.91 Å². The van der Waals surface area contributed by atoms with Gasteiger partial charge >= 0.3 is 0 Å². The Morgan fingerprint density at radius 3 is 2.62 bits per heavy atom. The van der Waals surface area contributed by atoms with E-state index in [1.54, 1.807) is 6.20 Å². The van der Waals surface area contributed by atoms with Crippen molar-refractivity contribution in [2.24, 2.45) is 5.92 Å². The van der Waals surface area contributed by atoms with E-state index in [9.17, 15) is 4.79 Å². The first-order chi connectivity index (χ1) is 12.7. The largest absolute Gasteiger partial charge is 0.486 e. The van der Waals surface area contributed by atoms with Gasteiger partial charge in [-0.3, -0.25) is 4.79 Å². The quantitative estimate of drug-likeness (QED) is 0.913. The second-order valence-electron chi connectivity index (χ2n) is 6.75. The Bertz CT molecular complexity index is 786. The van der Waals surface area contributed by atoms with Crippen molar-refractivity contribution in [3.63, 3.8) is 0 Å². The molecule has 0 unspecified atom stereocenters. The number of nitrogens with zero attached hydrogens (tertiary/aromatic N) is 3. The predicted molar refractivity (Wildman–Crippen MR) is 97.0 cm³/mol. The van der Waals surface area contributed by atoms with Crippen LogP contribution in [0.2, 0.25) is 0 Å². The minimum atomic E-state index is -0.0460. The van der Waals surface area contributed by atoms with Crippen LogP contribution in [-0.4, -0.2) is 47.1 Å². The molecule has 0 radical (unpaired) electrons. The predicted octanol–water partition coefficient (Wildman–Crippen LogP) is 2.86.